The average Bonchev–Trinajstić information content (AvgIpc) is 3.33. The van der Waals surface area contributed by atoms with Gasteiger partial charge in [0.25, 0.3) is 0 Å². The molecule has 1 aromatic carbocycles. The van der Waals surface area contributed by atoms with Gasteiger partial charge in [-0.1, -0.05) is 12.1 Å². The monoisotopic (exact) mass is 329 g/mol. The quantitative estimate of drug-likeness (QED) is 0.904. The van der Waals surface area contributed by atoms with E-state index in [1.165, 1.54) is 29.2 Å². The molecule has 1 N–H and O–H groups in total. The molecule has 0 bridgehead atoms. The molecule has 1 saturated carbocycles. The average molecular weight is 329 g/mol. The molecule has 130 valence electrons. The number of carbonyl (C=O) groups is 1. The number of hydrogen-bond acceptors (Lipinski definition) is 4. The lowest BCUT2D eigenvalue weighted by Crippen LogP contribution is -2.56. The molecule has 2 aliphatic heterocycles. The number of piperazine rings is 1. The number of benzene rings is 1. The van der Waals surface area contributed by atoms with Crippen molar-refractivity contribution in [1.82, 2.24) is 9.96 Å². The van der Waals surface area contributed by atoms with E-state index in [-0.39, 0.29) is 11.9 Å². The summed E-state index contributed by atoms with van der Waals surface area (Å²) in [4.78, 5) is 17.1. The second-order valence-corrected chi connectivity index (χ2v) is 7.80. The Labute approximate surface area is 143 Å². The van der Waals surface area contributed by atoms with Crippen molar-refractivity contribution >= 4 is 11.6 Å². The Kier molecular flexibility index (Phi) is 4.01. The highest BCUT2D eigenvalue weighted by Crippen LogP contribution is 2.52. The number of nitrogens with zero attached hydrogens (tertiary/aromatic N) is 3. The number of carbonyl (C=O) groups excluding carboxylic acids is 1. The van der Waals surface area contributed by atoms with E-state index in [1.54, 1.807) is 0 Å². The Bertz CT molecular complexity index is 621. The van der Waals surface area contributed by atoms with Gasteiger partial charge < -0.3 is 15.0 Å². The molecule has 2 saturated heterocycles. The van der Waals surface area contributed by atoms with Gasteiger partial charge in [-0.2, -0.15) is 5.06 Å². The third-order valence-corrected chi connectivity index (χ3v) is 6.01. The van der Waals surface area contributed by atoms with Crippen LogP contribution in [0.1, 0.15) is 31.2 Å². The first-order valence-electron chi connectivity index (χ1n) is 9.12. The van der Waals surface area contributed by atoms with E-state index in [9.17, 15) is 10.0 Å². The fourth-order valence-corrected chi connectivity index (χ4v) is 4.18. The van der Waals surface area contributed by atoms with Gasteiger partial charge in [0.1, 0.15) is 6.04 Å². The molecule has 1 aliphatic carbocycles. The van der Waals surface area contributed by atoms with Crippen LogP contribution in [0.5, 0.6) is 0 Å². The highest BCUT2D eigenvalue weighted by molar-refractivity contribution is 5.82. The van der Waals surface area contributed by atoms with Crippen molar-refractivity contribution < 1.29 is 10.0 Å². The lowest BCUT2D eigenvalue weighted by atomic mass is 9.91. The van der Waals surface area contributed by atoms with Crippen molar-refractivity contribution in [1.29, 1.82) is 0 Å². The molecule has 3 aliphatic rings. The van der Waals surface area contributed by atoms with E-state index >= 15 is 0 Å². The fourth-order valence-electron chi connectivity index (χ4n) is 4.18. The van der Waals surface area contributed by atoms with E-state index in [0.29, 0.717) is 12.0 Å². The van der Waals surface area contributed by atoms with Gasteiger partial charge in [-0.05, 0) is 55.7 Å². The number of rotatable bonds is 2. The Morgan fingerprint density at radius 3 is 2.54 bits per heavy atom. The van der Waals surface area contributed by atoms with Crippen LogP contribution in [0.3, 0.4) is 0 Å². The highest BCUT2D eigenvalue weighted by Gasteiger charge is 2.49. The second kappa shape index (κ2) is 6.05. The van der Waals surface area contributed by atoms with Gasteiger partial charge in [-0.3, -0.25) is 4.79 Å². The second-order valence-electron chi connectivity index (χ2n) is 7.80. The summed E-state index contributed by atoms with van der Waals surface area (Å²) < 4.78 is 0. The van der Waals surface area contributed by atoms with Crippen molar-refractivity contribution in [3.8, 4) is 0 Å². The van der Waals surface area contributed by atoms with Crippen LogP contribution in [0.25, 0.3) is 0 Å². The molecule has 5 heteroatoms. The minimum Gasteiger partial charge on any atom is -0.368 e. The molecular formula is C19H27N3O2. The Balaban J connectivity index is 1.34. The zero-order chi connectivity index (χ0) is 16.7. The minimum atomic E-state index is -0.332. The van der Waals surface area contributed by atoms with Crippen LogP contribution in [-0.4, -0.2) is 59.8 Å². The van der Waals surface area contributed by atoms with Crippen LogP contribution >= 0.6 is 0 Å². The zero-order valence-corrected chi connectivity index (χ0v) is 14.4. The first-order chi connectivity index (χ1) is 11.6. The van der Waals surface area contributed by atoms with E-state index in [4.69, 9.17) is 0 Å². The van der Waals surface area contributed by atoms with Crippen molar-refractivity contribution in [2.45, 2.75) is 38.6 Å². The highest BCUT2D eigenvalue weighted by atomic mass is 16.5. The molecule has 1 amide bonds. The molecule has 3 fully saturated rings. The lowest BCUT2D eigenvalue weighted by molar-refractivity contribution is -0.179. The summed E-state index contributed by atoms with van der Waals surface area (Å²) >= 11 is 0. The molecule has 4 rings (SSSR count). The first-order valence-corrected chi connectivity index (χ1v) is 9.12. The standard InChI is InChI=1S/C19H27N3O2/c1-15-3-2-4-16(13-15)20-9-11-21(12-10-20)18(23)17-5-6-19(7-8-19)14-22(17)24/h2-4,13,17,24H,5-12,14H2,1H3. The van der Waals surface area contributed by atoms with Gasteiger partial charge in [0.05, 0.1) is 0 Å². The number of piperidine rings is 1. The number of hydroxylamine groups is 2. The van der Waals surface area contributed by atoms with Crippen LogP contribution in [0.15, 0.2) is 24.3 Å². The van der Waals surface area contributed by atoms with Crippen LogP contribution < -0.4 is 4.90 Å². The number of aryl methyl sites for hydroxylation is 1. The summed E-state index contributed by atoms with van der Waals surface area (Å²) in [6, 6.07) is 8.19. The SMILES string of the molecule is Cc1cccc(N2CCN(C(=O)C3CCC4(CC4)CN3O)CC2)c1. The van der Waals surface area contributed by atoms with Gasteiger partial charge in [-0.15, -0.1) is 0 Å². The van der Waals surface area contributed by atoms with Gasteiger partial charge in [-0.25, -0.2) is 0 Å². The van der Waals surface area contributed by atoms with E-state index in [1.807, 2.05) is 4.90 Å². The smallest absolute Gasteiger partial charge is 0.242 e. The summed E-state index contributed by atoms with van der Waals surface area (Å²) in [5.74, 6) is 0.108. The van der Waals surface area contributed by atoms with Crippen LogP contribution in [0, 0.1) is 12.3 Å². The molecule has 5 nitrogen and oxygen atoms in total. The molecule has 1 unspecified atom stereocenters. The molecule has 0 radical (unpaired) electrons. The predicted molar refractivity (Wildman–Crippen MR) is 93.2 cm³/mol. The van der Waals surface area contributed by atoms with Crippen LogP contribution in [0.4, 0.5) is 5.69 Å². The van der Waals surface area contributed by atoms with Gasteiger partial charge in [0.2, 0.25) is 5.91 Å². The van der Waals surface area contributed by atoms with Gasteiger partial charge in [0, 0.05) is 38.4 Å². The number of anilines is 1. The summed E-state index contributed by atoms with van der Waals surface area (Å²) in [6.45, 7) is 5.97. The summed E-state index contributed by atoms with van der Waals surface area (Å²) in [7, 11) is 0. The Morgan fingerprint density at radius 1 is 1.17 bits per heavy atom. The normalized spacial score (nSPS) is 26.7. The van der Waals surface area contributed by atoms with Crippen molar-refractivity contribution in [2.24, 2.45) is 5.41 Å². The first kappa shape index (κ1) is 15.9. The molecule has 2 heterocycles. The third kappa shape index (κ3) is 3.03. The summed E-state index contributed by atoms with van der Waals surface area (Å²) in [5.41, 5.74) is 2.83. The summed E-state index contributed by atoms with van der Waals surface area (Å²) in [6.07, 6.45) is 4.30. The number of amides is 1. The fraction of sp³-hybridized carbons (Fsp3) is 0.632. The molecule has 1 atom stereocenters. The van der Waals surface area contributed by atoms with Gasteiger partial charge in [0.15, 0.2) is 0 Å². The molecule has 0 aromatic heterocycles. The lowest BCUT2D eigenvalue weighted by Gasteiger charge is -2.41. The number of hydrogen-bond donors (Lipinski definition) is 1. The molecule has 1 spiro atoms. The maximum Gasteiger partial charge on any atom is 0.242 e. The van der Waals surface area contributed by atoms with E-state index < -0.39 is 0 Å². The summed E-state index contributed by atoms with van der Waals surface area (Å²) in [5, 5.41) is 11.6. The third-order valence-electron chi connectivity index (χ3n) is 6.01. The largest absolute Gasteiger partial charge is 0.368 e. The van der Waals surface area contributed by atoms with Crippen molar-refractivity contribution in [2.75, 3.05) is 37.6 Å². The minimum absolute atomic E-state index is 0.108. The molecular weight excluding hydrogens is 302 g/mol. The zero-order valence-electron chi connectivity index (χ0n) is 14.4. The van der Waals surface area contributed by atoms with Gasteiger partial charge >= 0.3 is 0 Å². The maximum absolute atomic E-state index is 12.8. The maximum atomic E-state index is 12.8. The van der Waals surface area contributed by atoms with Crippen LogP contribution in [0.2, 0.25) is 0 Å². The molecule has 1 aromatic rings. The Hall–Kier alpha value is -1.59. The van der Waals surface area contributed by atoms with Crippen molar-refractivity contribution in [3.05, 3.63) is 29.8 Å². The van der Waals surface area contributed by atoms with Crippen molar-refractivity contribution in [3.63, 3.8) is 0 Å². The van der Waals surface area contributed by atoms with E-state index in [2.05, 4.69) is 36.1 Å². The van der Waals surface area contributed by atoms with E-state index in [0.717, 1.165) is 39.0 Å². The van der Waals surface area contributed by atoms with Crippen LogP contribution in [-0.2, 0) is 4.79 Å². The Morgan fingerprint density at radius 2 is 1.92 bits per heavy atom. The predicted octanol–water partition coefficient (Wildman–Crippen LogP) is 2.28. The topological polar surface area (TPSA) is 47.0 Å². The molecule has 24 heavy (non-hydrogen) atoms.